The number of benzene rings is 1. The molecule has 0 aliphatic heterocycles. The van der Waals surface area contributed by atoms with Crippen LogP contribution in [0.5, 0.6) is 0 Å². The molecule has 1 amide bonds. The lowest BCUT2D eigenvalue weighted by Gasteiger charge is -2.17. The second kappa shape index (κ2) is 13.1. The van der Waals surface area contributed by atoms with Crippen LogP contribution in [0.2, 0.25) is 0 Å². The maximum absolute atomic E-state index is 11.6. The quantitative estimate of drug-likeness (QED) is 0.227. The smallest absolute Gasteiger partial charge is 0.413 e. The van der Waals surface area contributed by atoms with Gasteiger partial charge in [-0.05, 0) is 31.2 Å². The number of esters is 1. The fourth-order valence-electron chi connectivity index (χ4n) is 2.22. The van der Waals surface area contributed by atoms with E-state index in [1.807, 2.05) is 30.3 Å². The highest BCUT2D eigenvalue weighted by atomic mass is 16.5. The second-order valence-corrected chi connectivity index (χ2v) is 6.13. The Morgan fingerprint density at radius 2 is 1.71 bits per heavy atom. The van der Waals surface area contributed by atoms with Crippen LogP contribution in [0.4, 0.5) is 4.79 Å². The van der Waals surface area contributed by atoms with Gasteiger partial charge in [-0.1, -0.05) is 30.3 Å². The minimum absolute atomic E-state index is 0.104. The molecule has 0 fully saturated rings. The summed E-state index contributed by atoms with van der Waals surface area (Å²) in [5, 5.41) is 18.3. The predicted octanol–water partition coefficient (Wildman–Crippen LogP) is 2.01. The first-order chi connectivity index (χ1) is 13.4. The fourth-order valence-corrected chi connectivity index (χ4v) is 2.22. The molecule has 0 unspecified atom stereocenters. The number of likely N-dealkylation sites (N-methyl/N-ethyl adjacent to an activating group) is 1. The number of aliphatic carboxylic acids is 1. The number of unbranched alkanes of at least 4 members (excludes halogenated alkanes) is 1. The van der Waals surface area contributed by atoms with Crippen LogP contribution in [0.15, 0.2) is 30.3 Å². The zero-order chi connectivity index (χ0) is 20.8. The third kappa shape index (κ3) is 10.8. The molecule has 0 saturated carbocycles. The molecule has 3 N–H and O–H groups in total. The Balaban J connectivity index is 2.01. The molecule has 0 aromatic heterocycles. The number of hydrogen-bond acceptors (Lipinski definition) is 6. The molecule has 0 atom stereocenters. The van der Waals surface area contributed by atoms with E-state index in [0.29, 0.717) is 19.3 Å². The highest BCUT2D eigenvalue weighted by Gasteiger charge is 2.12. The number of hydrogen-bond donors (Lipinski definition) is 3. The van der Waals surface area contributed by atoms with E-state index in [9.17, 15) is 14.4 Å². The molecule has 0 radical (unpaired) electrons. The Morgan fingerprint density at radius 3 is 2.36 bits per heavy atom. The number of carbonyl (C=O) groups excluding carboxylic acids is 2. The summed E-state index contributed by atoms with van der Waals surface area (Å²) < 4.78 is 10.0. The number of guanidine groups is 1. The topological polar surface area (TPSA) is 129 Å². The lowest BCUT2D eigenvalue weighted by Crippen LogP contribution is -2.43. The Hall–Kier alpha value is -3.10. The van der Waals surface area contributed by atoms with Crippen LogP contribution in [-0.2, 0) is 25.5 Å². The Labute approximate surface area is 164 Å². The van der Waals surface area contributed by atoms with Crippen LogP contribution in [0.1, 0.15) is 31.2 Å². The van der Waals surface area contributed by atoms with Crippen molar-refractivity contribution in [1.29, 1.82) is 5.41 Å². The monoisotopic (exact) mass is 393 g/mol. The lowest BCUT2D eigenvalue weighted by atomic mass is 10.1. The normalized spacial score (nSPS) is 10.0. The van der Waals surface area contributed by atoms with E-state index in [2.05, 4.69) is 5.32 Å². The summed E-state index contributed by atoms with van der Waals surface area (Å²) in [4.78, 5) is 34.7. The first-order valence-electron chi connectivity index (χ1n) is 9.03. The number of ether oxygens (including phenoxy) is 2. The number of carboxylic acid groups (broad SMARTS) is 1. The van der Waals surface area contributed by atoms with Crippen molar-refractivity contribution in [2.45, 2.75) is 32.1 Å². The van der Waals surface area contributed by atoms with Crippen molar-refractivity contribution in [3.8, 4) is 0 Å². The van der Waals surface area contributed by atoms with E-state index in [1.165, 1.54) is 12.6 Å². The molecule has 154 valence electrons. The number of carbonyl (C=O) groups is 3. The maximum Gasteiger partial charge on any atom is 0.413 e. The zero-order valence-corrected chi connectivity index (χ0v) is 16.0. The highest BCUT2D eigenvalue weighted by Crippen LogP contribution is 2.05. The number of alkyl carbamates (subject to hydrolysis) is 1. The zero-order valence-electron chi connectivity index (χ0n) is 16.0. The SMILES string of the molecule is CN(CC(=O)O)C(=N)NC(=O)OCCCCOC(=O)CCCc1ccccc1. The molecule has 0 spiro atoms. The van der Waals surface area contributed by atoms with Crippen molar-refractivity contribution in [2.75, 3.05) is 26.8 Å². The summed E-state index contributed by atoms with van der Waals surface area (Å²) in [6, 6.07) is 9.92. The highest BCUT2D eigenvalue weighted by molar-refractivity contribution is 5.93. The number of carboxylic acids is 1. The summed E-state index contributed by atoms with van der Waals surface area (Å²) in [6.07, 6.45) is 2.14. The third-order valence-corrected chi connectivity index (χ3v) is 3.70. The molecule has 28 heavy (non-hydrogen) atoms. The number of nitrogens with one attached hydrogen (secondary N) is 2. The standard InChI is InChI=1S/C19H27N3O6/c1-22(14-16(23)24)18(20)21-19(26)28-13-6-5-12-27-17(25)11-7-10-15-8-3-2-4-9-15/h2-4,8-9H,5-7,10-14H2,1H3,(H,23,24)(H2,20,21,26). The van der Waals surface area contributed by atoms with Gasteiger partial charge in [0, 0.05) is 13.5 Å². The molecular formula is C19H27N3O6. The van der Waals surface area contributed by atoms with Gasteiger partial charge in [-0.3, -0.25) is 20.3 Å². The molecule has 0 aliphatic carbocycles. The van der Waals surface area contributed by atoms with E-state index in [1.54, 1.807) is 0 Å². The van der Waals surface area contributed by atoms with Gasteiger partial charge >= 0.3 is 18.0 Å². The van der Waals surface area contributed by atoms with Gasteiger partial charge in [0.25, 0.3) is 0 Å². The molecule has 1 aromatic carbocycles. The van der Waals surface area contributed by atoms with E-state index >= 15 is 0 Å². The van der Waals surface area contributed by atoms with Gasteiger partial charge in [-0.15, -0.1) is 0 Å². The minimum Gasteiger partial charge on any atom is -0.480 e. The van der Waals surface area contributed by atoms with Crippen LogP contribution >= 0.6 is 0 Å². The van der Waals surface area contributed by atoms with Gasteiger partial charge in [-0.2, -0.15) is 0 Å². The van der Waals surface area contributed by atoms with E-state index in [-0.39, 0.29) is 25.1 Å². The van der Waals surface area contributed by atoms with Gasteiger partial charge in [0.15, 0.2) is 0 Å². The van der Waals surface area contributed by atoms with Gasteiger partial charge in [0.1, 0.15) is 6.54 Å². The molecule has 0 aliphatic rings. The van der Waals surface area contributed by atoms with Crippen molar-refractivity contribution in [3.05, 3.63) is 35.9 Å². The average Bonchev–Trinajstić information content (AvgIpc) is 2.64. The van der Waals surface area contributed by atoms with Crippen LogP contribution in [0.25, 0.3) is 0 Å². The third-order valence-electron chi connectivity index (χ3n) is 3.70. The Bertz CT molecular complexity index is 650. The van der Waals surface area contributed by atoms with E-state index in [0.717, 1.165) is 17.7 Å². The van der Waals surface area contributed by atoms with Crippen molar-refractivity contribution >= 4 is 24.0 Å². The van der Waals surface area contributed by atoms with Gasteiger partial charge < -0.3 is 19.5 Å². The molecule has 1 aromatic rings. The van der Waals surface area contributed by atoms with Crippen molar-refractivity contribution < 1.29 is 29.0 Å². The maximum atomic E-state index is 11.6. The lowest BCUT2D eigenvalue weighted by molar-refractivity contribution is -0.144. The molecule has 0 saturated heterocycles. The van der Waals surface area contributed by atoms with Crippen LogP contribution in [0, 0.1) is 5.41 Å². The van der Waals surface area contributed by atoms with Crippen LogP contribution in [-0.4, -0.2) is 60.8 Å². The van der Waals surface area contributed by atoms with E-state index in [4.69, 9.17) is 20.0 Å². The molecular weight excluding hydrogens is 366 g/mol. The summed E-state index contributed by atoms with van der Waals surface area (Å²) in [7, 11) is 1.37. The minimum atomic E-state index is -1.11. The van der Waals surface area contributed by atoms with Gasteiger partial charge in [0.2, 0.25) is 5.96 Å². The van der Waals surface area contributed by atoms with Crippen molar-refractivity contribution in [2.24, 2.45) is 0 Å². The van der Waals surface area contributed by atoms with Gasteiger partial charge in [-0.25, -0.2) is 4.79 Å². The second-order valence-electron chi connectivity index (χ2n) is 6.13. The largest absolute Gasteiger partial charge is 0.480 e. The number of rotatable bonds is 11. The average molecular weight is 393 g/mol. The number of amides is 1. The number of aryl methyl sites for hydroxylation is 1. The first-order valence-corrected chi connectivity index (χ1v) is 9.03. The van der Waals surface area contributed by atoms with Crippen LogP contribution in [0.3, 0.4) is 0 Å². The molecule has 9 nitrogen and oxygen atoms in total. The summed E-state index contributed by atoms with van der Waals surface area (Å²) in [6.45, 7) is -0.0462. The van der Waals surface area contributed by atoms with Crippen molar-refractivity contribution in [3.63, 3.8) is 0 Å². The van der Waals surface area contributed by atoms with E-state index < -0.39 is 18.6 Å². The molecule has 0 bridgehead atoms. The first kappa shape index (κ1) is 22.9. The Morgan fingerprint density at radius 1 is 1.07 bits per heavy atom. The summed E-state index contributed by atoms with van der Waals surface area (Å²) >= 11 is 0. The van der Waals surface area contributed by atoms with Crippen molar-refractivity contribution in [1.82, 2.24) is 10.2 Å². The fraction of sp³-hybridized carbons (Fsp3) is 0.474. The predicted molar refractivity (Wildman–Crippen MR) is 102 cm³/mol. The molecule has 9 heteroatoms. The summed E-state index contributed by atoms with van der Waals surface area (Å²) in [5.74, 6) is -1.72. The molecule has 0 heterocycles. The molecule has 1 rings (SSSR count). The van der Waals surface area contributed by atoms with Gasteiger partial charge in [0.05, 0.1) is 13.2 Å². The summed E-state index contributed by atoms with van der Waals surface area (Å²) in [5.41, 5.74) is 1.19. The van der Waals surface area contributed by atoms with Crippen LogP contribution < -0.4 is 5.32 Å². The number of nitrogens with zero attached hydrogens (tertiary/aromatic N) is 1. The Kier molecular flexibility index (Phi) is 10.8.